The topological polar surface area (TPSA) is 42.4 Å². The summed E-state index contributed by atoms with van der Waals surface area (Å²) in [5.74, 6) is 0.885. The Bertz CT molecular complexity index is 998. The lowest BCUT2D eigenvalue weighted by atomic mass is 9.76. The summed E-state index contributed by atoms with van der Waals surface area (Å²) in [6.07, 6.45) is 3.21. The minimum absolute atomic E-state index is 0.103. The second kappa shape index (κ2) is 10.8. The Hall–Kier alpha value is -2.17. The van der Waals surface area contributed by atoms with E-state index in [1.54, 1.807) is 0 Å². The Morgan fingerprint density at radius 2 is 1.61 bits per heavy atom. The van der Waals surface area contributed by atoms with Gasteiger partial charge in [0.05, 0.1) is 11.8 Å². The van der Waals surface area contributed by atoms with E-state index in [9.17, 15) is 5.11 Å². The number of aliphatic hydroxyl groups is 1. The number of hydrogen-bond donors (Lipinski definition) is 1. The molecule has 0 radical (unpaired) electrons. The molecule has 0 saturated heterocycles. The number of aliphatic hydroxyl groups excluding tert-OH is 1. The first-order valence-electron chi connectivity index (χ1n) is 12.1. The molecule has 2 aromatic carbocycles. The van der Waals surface area contributed by atoms with E-state index < -0.39 is 0 Å². The summed E-state index contributed by atoms with van der Waals surface area (Å²) in [6.45, 7) is 13.5. The molecule has 1 aromatic heterocycles. The van der Waals surface area contributed by atoms with E-state index in [2.05, 4.69) is 77.9 Å². The third kappa shape index (κ3) is 6.04. The van der Waals surface area contributed by atoms with Gasteiger partial charge in [-0.1, -0.05) is 77.1 Å². The maximum Gasteiger partial charge on any atom is 0.119 e. The molecule has 0 bridgehead atoms. The van der Waals surface area contributed by atoms with E-state index in [0.717, 1.165) is 37.1 Å². The van der Waals surface area contributed by atoms with Crippen molar-refractivity contribution in [3.05, 3.63) is 81.3 Å². The van der Waals surface area contributed by atoms with Crippen molar-refractivity contribution >= 4 is 11.3 Å². The van der Waals surface area contributed by atoms with Crippen LogP contribution >= 0.6 is 11.3 Å². The fourth-order valence-corrected chi connectivity index (χ4v) is 5.58. The highest BCUT2D eigenvalue weighted by atomic mass is 32.1. The minimum Gasteiger partial charge on any atom is -0.489 e. The Kier molecular flexibility index (Phi) is 8.36. The number of aromatic nitrogens is 1. The van der Waals surface area contributed by atoms with E-state index in [4.69, 9.17) is 9.72 Å². The van der Waals surface area contributed by atoms with Crippen molar-refractivity contribution in [1.29, 1.82) is 0 Å². The molecule has 0 saturated carbocycles. The molecule has 1 atom stereocenters. The van der Waals surface area contributed by atoms with Crippen molar-refractivity contribution < 1.29 is 9.84 Å². The lowest BCUT2D eigenvalue weighted by Crippen LogP contribution is -2.27. The quantitative estimate of drug-likeness (QED) is 0.337. The zero-order chi connectivity index (χ0) is 24.1. The molecule has 33 heavy (non-hydrogen) atoms. The van der Waals surface area contributed by atoms with Gasteiger partial charge in [-0.15, -0.1) is 11.3 Å². The molecule has 3 nitrogen and oxygen atoms in total. The molecule has 1 heterocycles. The van der Waals surface area contributed by atoms with Gasteiger partial charge >= 0.3 is 0 Å². The standard InChI is InChI=1S/C29H39NO2S/c1-7-29(8-2,27-30-25(21(3)33-27)18-19-26(31)28(4,5)6)23-14-16-24(17-15-23)32-20-22-12-10-9-11-13-22/h9-17,26,31H,7-8,18-20H2,1-6H3. The first kappa shape index (κ1) is 25.5. The van der Waals surface area contributed by atoms with Gasteiger partial charge < -0.3 is 9.84 Å². The van der Waals surface area contributed by atoms with Gasteiger partial charge in [0.2, 0.25) is 0 Å². The van der Waals surface area contributed by atoms with Crippen LogP contribution in [0, 0.1) is 12.3 Å². The largest absolute Gasteiger partial charge is 0.489 e. The Labute approximate surface area is 203 Å². The fraction of sp³-hybridized carbons (Fsp3) is 0.483. The molecule has 0 aliphatic carbocycles. The molecule has 3 rings (SSSR count). The third-order valence-electron chi connectivity index (χ3n) is 6.82. The SMILES string of the molecule is CCC(CC)(c1ccc(OCc2ccccc2)cc1)c1nc(CCC(O)C(C)(C)C)c(C)s1. The normalized spacial score (nSPS) is 13.2. The summed E-state index contributed by atoms with van der Waals surface area (Å²) >= 11 is 1.81. The highest BCUT2D eigenvalue weighted by Crippen LogP contribution is 2.42. The van der Waals surface area contributed by atoms with Crippen LogP contribution in [0.5, 0.6) is 5.75 Å². The highest BCUT2D eigenvalue weighted by Gasteiger charge is 2.34. The van der Waals surface area contributed by atoms with Crippen molar-refractivity contribution in [3.8, 4) is 5.75 Å². The smallest absolute Gasteiger partial charge is 0.119 e. The van der Waals surface area contributed by atoms with Crippen molar-refractivity contribution in [2.75, 3.05) is 0 Å². The van der Waals surface area contributed by atoms with Crippen LogP contribution in [-0.2, 0) is 18.4 Å². The predicted octanol–water partition coefficient (Wildman–Crippen LogP) is 7.48. The summed E-state index contributed by atoms with van der Waals surface area (Å²) in [6, 6.07) is 18.8. The van der Waals surface area contributed by atoms with Crippen LogP contribution in [0.3, 0.4) is 0 Å². The number of aryl methyl sites for hydroxylation is 2. The van der Waals surface area contributed by atoms with Gasteiger partial charge in [-0.3, -0.25) is 0 Å². The molecule has 1 N–H and O–H groups in total. The highest BCUT2D eigenvalue weighted by molar-refractivity contribution is 7.11. The van der Waals surface area contributed by atoms with Crippen LogP contribution in [-0.4, -0.2) is 16.2 Å². The Morgan fingerprint density at radius 1 is 0.970 bits per heavy atom. The van der Waals surface area contributed by atoms with Gasteiger partial charge in [0.25, 0.3) is 0 Å². The number of hydrogen-bond acceptors (Lipinski definition) is 4. The molecule has 0 aliphatic heterocycles. The van der Waals surface area contributed by atoms with Crippen LogP contribution in [0.1, 0.15) is 80.6 Å². The molecule has 0 fully saturated rings. The van der Waals surface area contributed by atoms with E-state index in [0.29, 0.717) is 6.61 Å². The number of benzene rings is 2. The van der Waals surface area contributed by atoms with E-state index in [-0.39, 0.29) is 16.9 Å². The Balaban J connectivity index is 1.78. The third-order valence-corrected chi connectivity index (χ3v) is 8.04. The van der Waals surface area contributed by atoms with Crippen molar-refractivity contribution in [1.82, 2.24) is 4.98 Å². The summed E-state index contributed by atoms with van der Waals surface area (Å²) in [7, 11) is 0. The average Bonchev–Trinajstić information content (AvgIpc) is 3.18. The van der Waals surface area contributed by atoms with Gasteiger partial charge in [-0.25, -0.2) is 4.98 Å². The second-order valence-corrected chi connectivity index (χ2v) is 11.2. The molecule has 178 valence electrons. The number of rotatable bonds is 10. The monoisotopic (exact) mass is 465 g/mol. The fourth-order valence-electron chi connectivity index (χ4n) is 4.27. The minimum atomic E-state index is -0.326. The van der Waals surface area contributed by atoms with Gasteiger partial charge in [-0.2, -0.15) is 0 Å². The van der Waals surface area contributed by atoms with E-state index >= 15 is 0 Å². The lowest BCUT2D eigenvalue weighted by Gasteiger charge is -2.30. The summed E-state index contributed by atoms with van der Waals surface area (Å²) in [5.41, 5.74) is 3.38. The molecule has 1 unspecified atom stereocenters. The summed E-state index contributed by atoms with van der Waals surface area (Å²) in [4.78, 5) is 6.39. The van der Waals surface area contributed by atoms with Crippen LogP contribution in [0.2, 0.25) is 0 Å². The first-order chi connectivity index (χ1) is 15.7. The van der Waals surface area contributed by atoms with Crippen LogP contribution < -0.4 is 4.74 Å². The molecule has 0 spiro atoms. The van der Waals surface area contributed by atoms with Gasteiger partial charge in [0.15, 0.2) is 0 Å². The molecule has 0 aliphatic rings. The maximum absolute atomic E-state index is 10.5. The first-order valence-corrected chi connectivity index (χ1v) is 12.9. The molecular weight excluding hydrogens is 426 g/mol. The van der Waals surface area contributed by atoms with Gasteiger partial charge in [-0.05, 0) is 61.3 Å². The number of ether oxygens (including phenoxy) is 1. The second-order valence-electron chi connectivity index (χ2n) is 10.0. The molecule has 4 heteroatoms. The van der Waals surface area contributed by atoms with Crippen LogP contribution in [0.4, 0.5) is 0 Å². The van der Waals surface area contributed by atoms with Crippen molar-refractivity contribution in [2.24, 2.45) is 5.41 Å². The zero-order valence-corrected chi connectivity index (χ0v) is 21.8. The molecule has 3 aromatic rings. The summed E-state index contributed by atoms with van der Waals surface area (Å²) < 4.78 is 6.00. The zero-order valence-electron chi connectivity index (χ0n) is 21.0. The van der Waals surface area contributed by atoms with Crippen LogP contribution in [0.15, 0.2) is 54.6 Å². The Morgan fingerprint density at radius 3 is 2.18 bits per heavy atom. The number of nitrogens with zero attached hydrogens (tertiary/aromatic N) is 1. The van der Waals surface area contributed by atoms with Crippen molar-refractivity contribution in [2.45, 2.75) is 85.4 Å². The molecular formula is C29H39NO2S. The lowest BCUT2D eigenvalue weighted by molar-refractivity contribution is 0.0558. The maximum atomic E-state index is 10.5. The van der Waals surface area contributed by atoms with Crippen molar-refractivity contribution in [3.63, 3.8) is 0 Å². The van der Waals surface area contributed by atoms with Gasteiger partial charge in [0, 0.05) is 10.3 Å². The van der Waals surface area contributed by atoms with Gasteiger partial charge in [0.1, 0.15) is 17.4 Å². The van der Waals surface area contributed by atoms with E-state index in [1.807, 2.05) is 29.5 Å². The average molecular weight is 466 g/mol. The summed E-state index contributed by atoms with van der Waals surface area (Å²) in [5, 5.41) is 11.7. The number of thiazole rings is 1. The molecule has 0 amide bonds. The van der Waals surface area contributed by atoms with E-state index in [1.165, 1.54) is 21.0 Å². The van der Waals surface area contributed by atoms with Crippen LogP contribution in [0.25, 0.3) is 0 Å². The predicted molar refractivity (Wildman–Crippen MR) is 139 cm³/mol.